The maximum atomic E-state index is 11.9. The van der Waals surface area contributed by atoms with E-state index in [2.05, 4.69) is 27.1 Å². The number of carbonyl (C=O) groups excluding carboxylic acids is 2. The summed E-state index contributed by atoms with van der Waals surface area (Å²) in [4.78, 5) is 29.8. The topological polar surface area (TPSA) is 74.3 Å². The van der Waals surface area contributed by atoms with E-state index in [0.717, 1.165) is 13.0 Å². The van der Waals surface area contributed by atoms with Crippen molar-refractivity contribution in [2.45, 2.75) is 6.42 Å². The molecule has 0 fully saturated rings. The Balaban J connectivity index is 2.56. The molecule has 0 aliphatic heterocycles. The van der Waals surface area contributed by atoms with Gasteiger partial charge in [0.15, 0.2) is 0 Å². The third-order valence-electron chi connectivity index (χ3n) is 2.69. The van der Waals surface area contributed by atoms with Gasteiger partial charge in [0.1, 0.15) is 11.4 Å². The molecule has 114 valence electrons. The molecule has 0 unspecified atom stereocenters. The van der Waals surface area contributed by atoms with Crippen LogP contribution in [0, 0.1) is 0 Å². The molecule has 0 aromatic carbocycles. The zero-order chi connectivity index (χ0) is 15.7. The Morgan fingerprint density at radius 1 is 1.24 bits per heavy atom. The summed E-state index contributed by atoms with van der Waals surface area (Å²) in [5.74, 6) is -0.593. The second-order valence-corrected chi connectivity index (χ2v) is 4.82. The number of rotatable bonds is 8. The van der Waals surface area contributed by atoms with Crippen molar-refractivity contribution in [1.82, 2.24) is 20.5 Å². The number of nitrogens with one attached hydrogen (secondary N) is 2. The lowest BCUT2D eigenvalue weighted by Gasteiger charge is -2.10. The predicted molar refractivity (Wildman–Crippen MR) is 82.3 cm³/mol. The van der Waals surface area contributed by atoms with E-state index in [-0.39, 0.29) is 23.2 Å². The molecule has 0 radical (unpaired) electrons. The molecular weight excluding hydrogens is 268 g/mol. The van der Waals surface area contributed by atoms with Gasteiger partial charge in [-0.3, -0.25) is 9.59 Å². The zero-order valence-electron chi connectivity index (χ0n) is 12.6. The zero-order valence-corrected chi connectivity index (χ0v) is 12.6. The van der Waals surface area contributed by atoms with Crippen LogP contribution in [-0.2, 0) is 0 Å². The van der Waals surface area contributed by atoms with Crippen LogP contribution in [0.1, 0.15) is 27.4 Å². The third-order valence-corrected chi connectivity index (χ3v) is 2.69. The molecule has 6 nitrogen and oxygen atoms in total. The lowest BCUT2D eigenvalue weighted by Crippen LogP contribution is -2.29. The first-order valence-corrected chi connectivity index (χ1v) is 6.83. The number of carbonyl (C=O) groups is 2. The molecule has 0 atom stereocenters. The smallest absolute Gasteiger partial charge is 0.270 e. The van der Waals surface area contributed by atoms with Crippen LogP contribution < -0.4 is 10.6 Å². The Bertz CT molecular complexity index is 500. The van der Waals surface area contributed by atoms with Gasteiger partial charge in [0.25, 0.3) is 11.8 Å². The molecule has 2 N–H and O–H groups in total. The van der Waals surface area contributed by atoms with Crippen molar-refractivity contribution in [3.8, 4) is 0 Å². The van der Waals surface area contributed by atoms with Crippen molar-refractivity contribution in [3.05, 3.63) is 42.2 Å². The molecule has 1 aromatic rings. The van der Waals surface area contributed by atoms with E-state index in [4.69, 9.17) is 0 Å². The summed E-state index contributed by atoms with van der Waals surface area (Å²) in [6.07, 6.45) is 2.44. The lowest BCUT2D eigenvalue weighted by atomic mass is 10.2. The molecule has 1 heterocycles. The molecule has 0 saturated carbocycles. The van der Waals surface area contributed by atoms with Crippen LogP contribution in [0.15, 0.2) is 30.9 Å². The van der Waals surface area contributed by atoms with Crippen molar-refractivity contribution in [2.75, 3.05) is 33.7 Å². The maximum absolute atomic E-state index is 11.9. The summed E-state index contributed by atoms with van der Waals surface area (Å²) in [7, 11) is 3.96. The Morgan fingerprint density at radius 2 is 1.86 bits per heavy atom. The highest BCUT2D eigenvalue weighted by atomic mass is 16.2. The summed E-state index contributed by atoms with van der Waals surface area (Å²) in [6, 6.07) is 4.80. The first kappa shape index (κ1) is 16.8. The van der Waals surface area contributed by atoms with E-state index in [1.54, 1.807) is 24.3 Å². The quantitative estimate of drug-likeness (QED) is 0.545. The molecule has 0 spiro atoms. The van der Waals surface area contributed by atoms with Gasteiger partial charge in [0.05, 0.1) is 0 Å². The fourth-order valence-electron chi connectivity index (χ4n) is 1.63. The molecular formula is C15H22N4O2. The van der Waals surface area contributed by atoms with E-state index >= 15 is 0 Å². The second kappa shape index (κ2) is 8.86. The molecule has 1 aromatic heterocycles. The minimum absolute atomic E-state index is 0.220. The van der Waals surface area contributed by atoms with Gasteiger partial charge in [-0.25, -0.2) is 4.98 Å². The van der Waals surface area contributed by atoms with Crippen LogP contribution in [-0.4, -0.2) is 55.4 Å². The Hall–Kier alpha value is -2.21. The normalized spacial score (nSPS) is 10.2. The average Bonchev–Trinajstić information content (AvgIpc) is 2.48. The molecule has 1 rings (SSSR count). The predicted octanol–water partition coefficient (Wildman–Crippen LogP) is 0.679. The van der Waals surface area contributed by atoms with E-state index in [9.17, 15) is 9.59 Å². The number of hydrogen-bond donors (Lipinski definition) is 2. The van der Waals surface area contributed by atoms with Crippen molar-refractivity contribution in [3.63, 3.8) is 0 Å². The van der Waals surface area contributed by atoms with E-state index in [1.807, 2.05) is 14.1 Å². The molecule has 0 aliphatic rings. The van der Waals surface area contributed by atoms with Gasteiger partial charge < -0.3 is 15.5 Å². The Labute approximate surface area is 125 Å². The summed E-state index contributed by atoms with van der Waals surface area (Å²) in [6.45, 7) is 5.36. The van der Waals surface area contributed by atoms with Crippen molar-refractivity contribution < 1.29 is 9.59 Å². The van der Waals surface area contributed by atoms with Gasteiger partial charge in [-0.05, 0) is 39.2 Å². The molecule has 0 bridgehead atoms. The monoisotopic (exact) mass is 290 g/mol. The molecule has 21 heavy (non-hydrogen) atoms. The highest BCUT2D eigenvalue weighted by Gasteiger charge is 2.11. The summed E-state index contributed by atoms with van der Waals surface area (Å²) < 4.78 is 0. The summed E-state index contributed by atoms with van der Waals surface area (Å²) in [5.41, 5.74) is 0.462. The van der Waals surface area contributed by atoms with Crippen LogP contribution in [0.4, 0.5) is 0 Å². The largest absolute Gasteiger partial charge is 0.351 e. The van der Waals surface area contributed by atoms with Gasteiger partial charge >= 0.3 is 0 Å². The minimum Gasteiger partial charge on any atom is -0.351 e. The average molecular weight is 290 g/mol. The first-order valence-electron chi connectivity index (χ1n) is 6.83. The number of hydrogen-bond acceptors (Lipinski definition) is 4. The van der Waals surface area contributed by atoms with Crippen LogP contribution in [0.2, 0.25) is 0 Å². The summed E-state index contributed by atoms with van der Waals surface area (Å²) >= 11 is 0. The van der Waals surface area contributed by atoms with E-state index < -0.39 is 0 Å². The van der Waals surface area contributed by atoms with Gasteiger partial charge in [0.2, 0.25) is 0 Å². The lowest BCUT2D eigenvalue weighted by molar-refractivity contribution is 0.0945. The maximum Gasteiger partial charge on any atom is 0.270 e. The van der Waals surface area contributed by atoms with Gasteiger partial charge in [0, 0.05) is 13.1 Å². The molecule has 0 aliphatic carbocycles. The van der Waals surface area contributed by atoms with Crippen LogP contribution in [0.25, 0.3) is 0 Å². The molecule has 6 heteroatoms. The van der Waals surface area contributed by atoms with Crippen molar-refractivity contribution in [1.29, 1.82) is 0 Å². The van der Waals surface area contributed by atoms with Crippen LogP contribution >= 0.6 is 0 Å². The Kier molecular flexibility index (Phi) is 7.11. The van der Waals surface area contributed by atoms with Crippen molar-refractivity contribution >= 4 is 11.8 Å². The third kappa shape index (κ3) is 6.18. The van der Waals surface area contributed by atoms with E-state index in [1.165, 1.54) is 0 Å². The molecule has 0 saturated heterocycles. The standard InChI is InChI=1S/C15H22N4O2/c1-4-9-16-14(20)12-7-5-8-13(18-12)15(21)17-10-6-11-19(2)3/h4-5,7-8H,1,6,9-11H2,2-3H3,(H,16,20)(H,17,21). The van der Waals surface area contributed by atoms with Gasteiger partial charge in [-0.2, -0.15) is 0 Å². The van der Waals surface area contributed by atoms with Gasteiger partial charge in [-0.1, -0.05) is 12.1 Å². The number of pyridine rings is 1. The van der Waals surface area contributed by atoms with Gasteiger partial charge in [-0.15, -0.1) is 6.58 Å². The fraction of sp³-hybridized carbons (Fsp3) is 0.400. The number of amides is 2. The van der Waals surface area contributed by atoms with E-state index in [0.29, 0.717) is 13.1 Å². The van der Waals surface area contributed by atoms with Crippen molar-refractivity contribution in [2.24, 2.45) is 0 Å². The SMILES string of the molecule is C=CCNC(=O)c1cccc(C(=O)NCCCN(C)C)n1. The molecule has 2 amide bonds. The fourth-order valence-corrected chi connectivity index (χ4v) is 1.63. The minimum atomic E-state index is -0.322. The Morgan fingerprint density at radius 3 is 2.43 bits per heavy atom. The number of aromatic nitrogens is 1. The second-order valence-electron chi connectivity index (χ2n) is 4.82. The number of nitrogens with zero attached hydrogens (tertiary/aromatic N) is 2. The first-order chi connectivity index (χ1) is 10.0. The van der Waals surface area contributed by atoms with Crippen LogP contribution in [0.3, 0.4) is 0 Å². The highest BCUT2D eigenvalue weighted by Crippen LogP contribution is 2.00. The van der Waals surface area contributed by atoms with Crippen LogP contribution in [0.5, 0.6) is 0 Å². The summed E-state index contributed by atoms with van der Waals surface area (Å²) in [5, 5.41) is 5.41. The highest BCUT2D eigenvalue weighted by molar-refractivity contribution is 5.96.